The van der Waals surface area contributed by atoms with Gasteiger partial charge in [-0.15, -0.1) is 0 Å². The molecular formula is C25H34FN3O3. The van der Waals surface area contributed by atoms with Gasteiger partial charge < -0.3 is 15.0 Å². The molecular weight excluding hydrogens is 409 g/mol. The number of rotatable bonds is 8. The maximum absolute atomic E-state index is 13.6. The Labute approximate surface area is 189 Å². The van der Waals surface area contributed by atoms with Crippen molar-refractivity contribution in [2.45, 2.75) is 44.1 Å². The summed E-state index contributed by atoms with van der Waals surface area (Å²) < 4.78 is 18.6. The number of carbonyl (C=O) groups is 2. The maximum atomic E-state index is 13.6. The van der Waals surface area contributed by atoms with Gasteiger partial charge in [-0.25, -0.2) is 9.18 Å². The Morgan fingerprint density at radius 1 is 1.12 bits per heavy atom. The van der Waals surface area contributed by atoms with Gasteiger partial charge in [0.15, 0.2) is 0 Å². The fourth-order valence-corrected chi connectivity index (χ4v) is 5.49. The molecule has 32 heavy (non-hydrogen) atoms. The van der Waals surface area contributed by atoms with Crippen LogP contribution in [0.1, 0.15) is 37.7 Å². The predicted molar refractivity (Wildman–Crippen MR) is 121 cm³/mol. The van der Waals surface area contributed by atoms with Gasteiger partial charge in [0.2, 0.25) is 0 Å². The van der Waals surface area contributed by atoms with Gasteiger partial charge in [-0.05, 0) is 74.7 Å². The lowest BCUT2D eigenvalue weighted by Crippen LogP contribution is -2.58. The Bertz CT molecular complexity index is 835. The highest BCUT2D eigenvalue weighted by Crippen LogP contribution is 2.37. The van der Waals surface area contributed by atoms with Gasteiger partial charge in [0.05, 0.1) is 13.2 Å². The van der Waals surface area contributed by atoms with Crippen molar-refractivity contribution in [3.63, 3.8) is 0 Å². The predicted octanol–water partition coefficient (Wildman–Crippen LogP) is 3.37. The summed E-state index contributed by atoms with van der Waals surface area (Å²) in [5, 5.41) is 3.07. The number of methoxy groups -OCH3 is 1. The Hall–Kier alpha value is -2.25. The number of halogens is 1. The number of nitrogens with one attached hydrogen (secondary N) is 1. The number of benzene rings is 1. The number of urea groups is 1. The average molecular weight is 444 g/mol. The van der Waals surface area contributed by atoms with Crippen LogP contribution in [0.4, 0.5) is 9.18 Å². The zero-order valence-electron chi connectivity index (χ0n) is 18.9. The molecule has 1 aromatic rings. The number of amides is 3. The van der Waals surface area contributed by atoms with E-state index in [2.05, 4.69) is 22.4 Å². The summed E-state index contributed by atoms with van der Waals surface area (Å²) in [6, 6.07) is 5.88. The monoisotopic (exact) mass is 443 g/mol. The van der Waals surface area contributed by atoms with Crippen LogP contribution in [0.15, 0.2) is 36.4 Å². The van der Waals surface area contributed by atoms with Gasteiger partial charge in [-0.3, -0.25) is 9.69 Å². The highest BCUT2D eigenvalue weighted by Gasteiger charge is 2.55. The van der Waals surface area contributed by atoms with E-state index in [-0.39, 0.29) is 30.2 Å². The largest absolute Gasteiger partial charge is 0.383 e. The number of carbonyl (C=O) groups excluding carboxylic acids is 2. The number of allylic oxidation sites excluding steroid dienone is 2. The lowest BCUT2D eigenvalue weighted by atomic mass is 9.73. The summed E-state index contributed by atoms with van der Waals surface area (Å²) in [7, 11) is 1.56. The number of likely N-dealkylation sites (tertiary alicyclic amines) is 1. The normalized spacial score (nSPS) is 27.2. The van der Waals surface area contributed by atoms with Crippen LogP contribution in [0.3, 0.4) is 0 Å². The average Bonchev–Trinajstić information content (AvgIpc) is 3.05. The summed E-state index contributed by atoms with van der Waals surface area (Å²) >= 11 is 0. The number of hydrogen-bond acceptors (Lipinski definition) is 4. The lowest BCUT2D eigenvalue weighted by molar-refractivity contribution is -0.134. The Balaban J connectivity index is 1.49. The van der Waals surface area contributed by atoms with Crippen LogP contribution in [0.5, 0.6) is 0 Å². The van der Waals surface area contributed by atoms with Crippen molar-refractivity contribution in [3.8, 4) is 0 Å². The van der Waals surface area contributed by atoms with Crippen molar-refractivity contribution in [3.05, 3.63) is 47.8 Å². The molecule has 6 nitrogen and oxygen atoms in total. The summed E-state index contributed by atoms with van der Waals surface area (Å²) in [5.74, 6) is 0.262. The third-order valence-corrected chi connectivity index (χ3v) is 7.30. The molecule has 2 heterocycles. The van der Waals surface area contributed by atoms with Crippen LogP contribution in [0, 0.1) is 17.7 Å². The Morgan fingerprint density at radius 2 is 1.88 bits per heavy atom. The van der Waals surface area contributed by atoms with E-state index in [1.54, 1.807) is 19.2 Å². The highest BCUT2D eigenvalue weighted by molar-refractivity contribution is 6.07. The molecule has 1 N–H and O–H groups in total. The minimum absolute atomic E-state index is 0.0408. The van der Waals surface area contributed by atoms with E-state index in [0.29, 0.717) is 18.9 Å². The van der Waals surface area contributed by atoms with Crippen LogP contribution in [0.25, 0.3) is 0 Å². The second kappa shape index (κ2) is 10.1. The van der Waals surface area contributed by atoms with Crippen LogP contribution in [-0.2, 0) is 16.0 Å². The van der Waals surface area contributed by atoms with Crippen molar-refractivity contribution in [1.82, 2.24) is 15.1 Å². The molecule has 2 fully saturated rings. The smallest absolute Gasteiger partial charge is 0.325 e. The first-order chi connectivity index (χ1) is 15.5. The van der Waals surface area contributed by atoms with Crippen LogP contribution in [0.2, 0.25) is 0 Å². The van der Waals surface area contributed by atoms with Gasteiger partial charge in [0, 0.05) is 20.1 Å². The Morgan fingerprint density at radius 3 is 2.53 bits per heavy atom. The van der Waals surface area contributed by atoms with Crippen molar-refractivity contribution >= 4 is 11.9 Å². The first-order valence-corrected chi connectivity index (χ1v) is 11.8. The summed E-state index contributed by atoms with van der Waals surface area (Å²) in [6.45, 7) is 3.50. The molecule has 1 aliphatic carbocycles. The third kappa shape index (κ3) is 4.89. The van der Waals surface area contributed by atoms with Crippen molar-refractivity contribution in [2.75, 3.05) is 39.9 Å². The number of nitrogens with zero attached hydrogens (tertiary/aromatic N) is 2. The van der Waals surface area contributed by atoms with E-state index in [4.69, 9.17) is 4.74 Å². The molecule has 1 aromatic carbocycles. The van der Waals surface area contributed by atoms with Crippen molar-refractivity contribution in [2.24, 2.45) is 11.8 Å². The van der Waals surface area contributed by atoms with E-state index < -0.39 is 5.54 Å². The summed E-state index contributed by atoms with van der Waals surface area (Å²) in [6.07, 6.45) is 10.2. The molecule has 0 spiro atoms. The topological polar surface area (TPSA) is 61.9 Å². The molecule has 0 saturated carbocycles. The molecule has 3 aliphatic rings. The van der Waals surface area contributed by atoms with Gasteiger partial charge in [0.25, 0.3) is 5.91 Å². The molecule has 0 aromatic heterocycles. The van der Waals surface area contributed by atoms with Crippen LogP contribution in [-0.4, -0.2) is 67.2 Å². The fraction of sp³-hybridized carbons (Fsp3) is 0.600. The SMILES string of the molecule is COCCN1C(=O)N[C@](Cc2ccc(F)cc2)(C2CCN(C[C@H]3CC=CCC3)CC2)C1=O. The zero-order valence-corrected chi connectivity index (χ0v) is 18.9. The lowest BCUT2D eigenvalue weighted by Gasteiger charge is -2.42. The standard InChI is InChI=1S/C25H34FN3O3/c1-32-16-15-29-23(30)25(27-24(29)31,17-19-7-9-22(26)10-8-19)21-11-13-28(14-12-21)18-20-5-3-2-4-6-20/h2-3,7-10,20-21H,4-6,11-18H2,1H3,(H,27,31)/t20-,25+/m0/s1. The van der Waals surface area contributed by atoms with Gasteiger partial charge in [0.1, 0.15) is 11.4 Å². The molecule has 4 rings (SSSR count). The van der Waals surface area contributed by atoms with Crippen LogP contribution >= 0.6 is 0 Å². The molecule has 2 aliphatic heterocycles. The van der Waals surface area contributed by atoms with E-state index in [0.717, 1.165) is 44.5 Å². The summed E-state index contributed by atoms with van der Waals surface area (Å²) in [4.78, 5) is 30.2. The van der Waals surface area contributed by atoms with Crippen molar-refractivity contribution < 1.29 is 18.7 Å². The second-order valence-corrected chi connectivity index (χ2v) is 9.38. The van der Waals surface area contributed by atoms with E-state index >= 15 is 0 Å². The molecule has 3 amide bonds. The molecule has 2 saturated heterocycles. The molecule has 2 atom stereocenters. The molecule has 0 radical (unpaired) electrons. The highest BCUT2D eigenvalue weighted by atomic mass is 19.1. The number of piperidine rings is 1. The minimum atomic E-state index is -0.984. The number of ether oxygens (including phenoxy) is 1. The van der Waals surface area contributed by atoms with E-state index in [1.807, 2.05) is 0 Å². The minimum Gasteiger partial charge on any atom is -0.383 e. The first kappa shape index (κ1) is 22.9. The third-order valence-electron chi connectivity index (χ3n) is 7.30. The second-order valence-electron chi connectivity index (χ2n) is 9.38. The number of hydrogen-bond donors (Lipinski definition) is 1. The molecule has 7 heteroatoms. The van der Waals surface area contributed by atoms with Crippen LogP contribution < -0.4 is 5.32 Å². The Kier molecular flexibility index (Phi) is 7.26. The van der Waals surface area contributed by atoms with E-state index in [1.165, 1.54) is 29.9 Å². The molecule has 0 bridgehead atoms. The van der Waals surface area contributed by atoms with Gasteiger partial charge in [-0.2, -0.15) is 0 Å². The summed E-state index contributed by atoms with van der Waals surface area (Å²) in [5.41, 5.74) is -0.132. The first-order valence-electron chi connectivity index (χ1n) is 11.8. The maximum Gasteiger partial charge on any atom is 0.325 e. The van der Waals surface area contributed by atoms with Gasteiger partial charge in [-0.1, -0.05) is 24.3 Å². The molecule has 174 valence electrons. The zero-order chi connectivity index (χ0) is 22.6. The van der Waals surface area contributed by atoms with Gasteiger partial charge >= 0.3 is 6.03 Å². The van der Waals surface area contributed by atoms with Crippen molar-refractivity contribution in [1.29, 1.82) is 0 Å². The quantitative estimate of drug-likeness (QED) is 0.494. The fourth-order valence-electron chi connectivity index (χ4n) is 5.49. The molecule has 0 unspecified atom stereocenters. The van der Waals surface area contributed by atoms with E-state index in [9.17, 15) is 14.0 Å². The number of imide groups is 1.